The van der Waals surface area contributed by atoms with Gasteiger partial charge in [0, 0.05) is 33.9 Å². The van der Waals surface area contributed by atoms with E-state index in [4.69, 9.17) is 14.2 Å². The zero-order valence-corrected chi connectivity index (χ0v) is 25.5. The maximum absolute atomic E-state index is 15.6. The quantitative estimate of drug-likeness (QED) is 0.413. The molecule has 45 heavy (non-hydrogen) atoms. The highest BCUT2D eigenvalue weighted by Gasteiger charge is 2.76. The number of hydrogen-bond acceptors (Lipinski definition) is 8. The number of ether oxygens (including phenoxy) is 3. The number of aliphatic hydroxyl groups is 2. The zero-order valence-electron chi connectivity index (χ0n) is 25.5. The van der Waals surface area contributed by atoms with Crippen molar-refractivity contribution in [2.24, 2.45) is 28.6 Å². The molecule has 2 aromatic carbocycles. The van der Waals surface area contributed by atoms with E-state index in [1.165, 1.54) is 19.1 Å². The summed E-state index contributed by atoms with van der Waals surface area (Å²) in [6, 6.07) is 10.9. The van der Waals surface area contributed by atoms with Crippen LogP contribution in [0.15, 0.2) is 66.3 Å². The average Bonchev–Trinajstić information content (AvgIpc) is 3.49. The van der Waals surface area contributed by atoms with Crippen LogP contribution in [-0.2, 0) is 19.1 Å². The number of Topliss-reactive ketones (excluding diaryl/α,β-unsaturated/α-hetero) is 2. The fourth-order valence-corrected chi connectivity index (χ4v) is 9.50. The lowest BCUT2D eigenvalue weighted by atomic mass is 9.46. The first-order valence-corrected chi connectivity index (χ1v) is 15.6. The molecule has 0 radical (unpaired) electrons. The number of ketones is 3. The first-order valence-electron chi connectivity index (χ1n) is 15.6. The van der Waals surface area contributed by atoms with Crippen LogP contribution in [0.2, 0.25) is 0 Å². The van der Waals surface area contributed by atoms with Crippen LogP contribution in [0, 0.1) is 34.4 Å². The summed E-state index contributed by atoms with van der Waals surface area (Å²) in [7, 11) is 0. The van der Waals surface area contributed by atoms with E-state index in [2.05, 4.69) is 6.92 Å². The summed E-state index contributed by atoms with van der Waals surface area (Å²) in [6.07, 6.45) is 4.59. The molecule has 5 aliphatic rings. The number of fused-ring (bicyclic) bond motifs is 7. The SMILES string of the molecule is CC(=O)c1cccc(Oc2ccc([C@H]3O[C@@H]4C[C@H]5[C@@H]6CCC7=CC(=O)C=C[C@]7(C)[C@H]6[C@@H](O)C[C@]5(C)[C@]4(C(=O)CO)O3)c(F)c2)c1. The monoisotopic (exact) mass is 616 g/mol. The van der Waals surface area contributed by atoms with Gasteiger partial charge in [-0.05, 0) is 80.9 Å². The molecule has 0 spiro atoms. The number of carbonyl (C=O) groups excluding carboxylic acids is 3. The molecule has 8 nitrogen and oxygen atoms in total. The van der Waals surface area contributed by atoms with Crippen LogP contribution in [0.5, 0.6) is 11.5 Å². The predicted octanol–water partition coefficient (Wildman–Crippen LogP) is 5.42. The summed E-state index contributed by atoms with van der Waals surface area (Å²) in [5, 5.41) is 22.0. The van der Waals surface area contributed by atoms with Crippen molar-refractivity contribution in [1.82, 2.24) is 0 Å². The molecule has 2 N–H and O–H groups in total. The lowest BCUT2D eigenvalue weighted by molar-refractivity contribution is -0.201. The van der Waals surface area contributed by atoms with Gasteiger partial charge in [0.25, 0.3) is 0 Å². The van der Waals surface area contributed by atoms with E-state index in [9.17, 15) is 24.6 Å². The minimum Gasteiger partial charge on any atom is -0.457 e. The molecule has 9 atom stereocenters. The normalized spacial score (nSPS) is 38.1. The highest BCUT2D eigenvalue weighted by atomic mass is 19.1. The van der Waals surface area contributed by atoms with Crippen LogP contribution in [0.1, 0.15) is 68.7 Å². The number of allylic oxidation sites excluding steroid dienone is 4. The van der Waals surface area contributed by atoms with Crippen molar-refractivity contribution in [2.45, 2.75) is 70.6 Å². The van der Waals surface area contributed by atoms with Crippen LogP contribution >= 0.6 is 0 Å². The molecule has 7 rings (SSSR count). The number of hydrogen-bond donors (Lipinski definition) is 2. The molecule has 0 bridgehead atoms. The Hall–Kier alpha value is -3.50. The molecule has 2 aromatic rings. The van der Waals surface area contributed by atoms with E-state index in [-0.39, 0.29) is 47.1 Å². The Morgan fingerprint density at radius 3 is 2.64 bits per heavy atom. The van der Waals surface area contributed by atoms with Crippen molar-refractivity contribution in [3.8, 4) is 11.5 Å². The molecular weight excluding hydrogens is 579 g/mol. The lowest BCUT2D eigenvalue weighted by Crippen LogP contribution is -2.63. The van der Waals surface area contributed by atoms with E-state index in [0.717, 1.165) is 12.0 Å². The summed E-state index contributed by atoms with van der Waals surface area (Å²) in [4.78, 5) is 37.6. The second-order valence-corrected chi connectivity index (χ2v) is 13.7. The number of carbonyl (C=O) groups is 3. The van der Waals surface area contributed by atoms with Gasteiger partial charge in [0.2, 0.25) is 0 Å². The van der Waals surface area contributed by atoms with Gasteiger partial charge >= 0.3 is 0 Å². The van der Waals surface area contributed by atoms with Crippen molar-refractivity contribution in [3.63, 3.8) is 0 Å². The van der Waals surface area contributed by atoms with E-state index in [1.54, 1.807) is 42.5 Å². The third kappa shape index (κ3) is 4.35. The van der Waals surface area contributed by atoms with E-state index in [0.29, 0.717) is 24.2 Å². The average molecular weight is 617 g/mol. The Bertz CT molecular complexity index is 1660. The number of aliphatic hydroxyl groups excluding tert-OH is 2. The maximum atomic E-state index is 15.6. The molecule has 1 heterocycles. The number of rotatable bonds is 6. The molecule has 0 aromatic heterocycles. The summed E-state index contributed by atoms with van der Waals surface area (Å²) in [5.74, 6) is -0.963. The Balaban J connectivity index is 1.18. The summed E-state index contributed by atoms with van der Waals surface area (Å²) >= 11 is 0. The van der Waals surface area contributed by atoms with Gasteiger partial charge in [0.15, 0.2) is 29.2 Å². The number of halogens is 1. The standard InChI is InChI=1S/C36H37FO8/c1-19(39)20-5-4-6-23(13-20)43-24-8-10-26(28(37)15-24)33-44-31-16-27-25-9-7-21-14-22(40)11-12-34(21,2)32(25)29(41)17-35(27,3)36(31,45-33)30(42)18-38/h4-6,8,10-15,25,27,29,31-33,38,41H,7,9,16-18H2,1-3H3/t25-,27-,29-,31+,32+,33-,34-,35-,36+/m0/s1. The molecule has 236 valence electrons. The fraction of sp³-hybridized carbons (Fsp3) is 0.472. The van der Waals surface area contributed by atoms with Crippen LogP contribution in [0.25, 0.3) is 0 Å². The van der Waals surface area contributed by atoms with Gasteiger partial charge in [-0.3, -0.25) is 14.4 Å². The third-order valence-corrected chi connectivity index (χ3v) is 11.5. The molecule has 0 unspecified atom stereocenters. The molecule has 3 saturated carbocycles. The summed E-state index contributed by atoms with van der Waals surface area (Å²) in [6.45, 7) is 4.69. The second kappa shape index (κ2) is 10.5. The highest BCUT2D eigenvalue weighted by Crippen LogP contribution is 2.70. The van der Waals surface area contributed by atoms with Crippen molar-refractivity contribution >= 4 is 17.3 Å². The number of benzene rings is 2. The Kier molecular flexibility index (Phi) is 7.05. The lowest BCUT2D eigenvalue weighted by Gasteiger charge is -2.59. The molecule has 9 heteroatoms. The van der Waals surface area contributed by atoms with Gasteiger partial charge in [-0.1, -0.05) is 37.6 Å². The van der Waals surface area contributed by atoms with Gasteiger partial charge in [-0.2, -0.15) is 0 Å². The van der Waals surface area contributed by atoms with Gasteiger partial charge in [-0.25, -0.2) is 4.39 Å². The van der Waals surface area contributed by atoms with E-state index >= 15 is 4.39 Å². The molecule has 4 fully saturated rings. The minimum atomic E-state index is -1.58. The minimum absolute atomic E-state index is 0.0213. The van der Waals surface area contributed by atoms with Crippen molar-refractivity contribution < 1.29 is 43.2 Å². The van der Waals surface area contributed by atoms with Gasteiger partial charge in [-0.15, -0.1) is 0 Å². The predicted molar refractivity (Wildman–Crippen MR) is 160 cm³/mol. The van der Waals surface area contributed by atoms with Crippen molar-refractivity contribution in [2.75, 3.05) is 6.61 Å². The Labute approximate surface area is 260 Å². The van der Waals surface area contributed by atoms with Crippen LogP contribution in [0.3, 0.4) is 0 Å². The molecule has 4 aliphatic carbocycles. The second-order valence-electron chi connectivity index (χ2n) is 13.7. The third-order valence-electron chi connectivity index (χ3n) is 11.5. The van der Waals surface area contributed by atoms with Crippen LogP contribution < -0.4 is 4.74 Å². The molecular formula is C36H37FO8. The molecule has 1 aliphatic heterocycles. The van der Waals surface area contributed by atoms with Gasteiger partial charge < -0.3 is 24.4 Å². The Morgan fingerprint density at radius 2 is 1.91 bits per heavy atom. The van der Waals surface area contributed by atoms with E-state index < -0.39 is 53.1 Å². The molecule has 1 saturated heterocycles. The maximum Gasteiger partial charge on any atom is 0.193 e. The summed E-state index contributed by atoms with van der Waals surface area (Å²) in [5.41, 5.74) is -1.36. The zero-order chi connectivity index (χ0) is 31.9. The van der Waals surface area contributed by atoms with Gasteiger partial charge in [0.05, 0.1) is 12.2 Å². The summed E-state index contributed by atoms with van der Waals surface area (Å²) < 4.78 is 34.3. The Morgan fingerprint density at radius 1 is 1.13 bits per heavy atom. The van der Waals surface area contributed by atoms with Gasteiger partial charge in [0.1, 0.15) is 23.9 Å². The van der Waals surface area contributed by atoms with Crippen molar-refractivity contribution in [1.29, 1.82) is 0 Å². The topological polar surface area (TPSA) is 119 Å². The van der Waals surface area contributed by atoms with Crippen molar-refractivity contribution in [3.05, 3.63) is 83.2 Å². The smallest absolute Gasteiger partial charge is 0.193 e. The molecule has 0 amide bonds. The fourth-order valence-electron chi connectivity index (χ4n) is 9.50. The van der Waals surface area contributed by atoms with Crippen LogP contribution in [0.4, 0.5) is 4.39 Å². The van der Waals surface area contributed by atoms with E-state index in [1.807, 2.05) is 13.0 Å². The largest absolute Gasteiger partial charge is 0.457 e. The first kappa shape index (κ1) is 30.2. The van der Waals surface area contributed by atoms with Crippen LogP contribution in [-0.4, -0.2) is 52.0 Å². The first-order chi connectivity index (χ1) is 21.4. The highest BCUT2D eigenvalue weighted by molar-refractivity contribution is 6.01.